The summed E-state index contributed by atoms with van der Waals surface area (Å²) < 4.78 is 64.7. The fourth-order valence-electron chi connectivity index (χ4n) is 5.54. The van der Waals surface area contributed by atoms with Gasteiger partial charge < -0.3 is 25.6 Å². The minimum absolute atomic E-state index is 0.108. The molecule has 4 heterocycles. The molecule has 41 heavy (non-hydrogen) atoms. The van der Waals surface area contributed by atoms with Crippen molar-refractivity contribution in [1.29, 1.82) is 5.26 Å². The van der Waals surface area contributed by atoms with Gasteiger partial charge in [-0.1, -0.05) is 11.6 Å². The van der Waals surface area contributed by atoms with Gasteiger partial charge in [-0.3, -0.25) is 0 Å². The summed E-state index contributed by atoms with van der Waals surface area (Å²) in [6, 6.07) is 4.42. The number of halogens is 5. The number of hydrogen-bond donors (Lipinski definition) is 2. The number of alkyl halides is 3. The van der Waals surface area contributed by atoms with E-state index in [9.17, 15) is 18.4 Å². The third-order valence-corrected chi connectivity index (χ3v) is 7.87. The number of nitrogens with zero attached hydrogens (tertiary/aromatic N) is 6. The molecule has 0 radical (unpaired) electrons. The molecule has 0 spiro atoms. The van der Waals surface area contributed by atoms with Gasteiger partial charge in [0.05, 0.1) is 34.3 Å². The number of fused-ring (bicyclic) bond motifs is 1. The zero-order chi connectivity index (χ0) is 29.5. The highest BCUT2D eigenvalue weighted by molar-refractivity contribution is 6.34. The molecule has 3 N–H and O–H groups in total. The molecule has 2 aromatic heterocycles. The van der Waals surface area contributed by atoms with E-state index in [1.807, 2.05) is 11.9 Å². The Morgan fingerprint density at radius 2 is 2.02 bits per heavy atom. The van der Waals surface area contributed by atoms with Crippen LogP contribution in [-0.4, -0.2) is 71.8 Å². The summed E-state index contributed by atoms with van der Waals surface area (Å²) >= 11 is 6.51. The van der Waals surface area contributed by atoms with Crippen molar-refractivity contribution in [1.82, 2.24) is 25.2 Å². The molecule has 0 bridgehead atoms. The molecule has 0 amide bonds. The van der Waals surface area contributed by atoms with Crippen molar-refractivity contribution in [3.63, 3.8) is 0 Å². The third-order valence-electron chi connectivity index (χ3n) is 7.57. The molecule has 0 aliphatic carbocycles. The van der Waals surface area contributed by atoms with Crippen molar-refractivity contribution in [2.75, 3.05) is 50.5 Å². The Balaban J connectivity index is 1.69. The Labute approximate surface area is 239 Å². The summed E-state index contributed by atoms with van der Waals surface area (Å²) in [5.74, 6) is -0.987. The lowest BCUT2D eigenvalue weighted by Gasteiger charge is -2.34. The topological polar surface area (TPSA) is 116 Å². The average Bonchev–Trinajstić information content (AvgIpc) is 3.31. The minimum atomic E-state index is -4.85. The van der Waals surface area contributed by atoms with E-state index in [0.29, 0.717) is 25.5 Å². The summed E-state index contributed by atoms with van der Waals surface area (Å²) in [6.45, 7) is 3.82. The van der Waals surface area contributed by atoms with Gasteiger partial charge in [-0.05, 0) is 51.1 Å². The number of rotatable bonds is 6. The van der Waals surface area contributed by atoms with Crippen molar-refractivity contribution in [2.24, 2.45) is 0 Å². The summed E-state index contributed by atoms with van der Waals surface area (Å²) in [6.07, 6.45) is -2.67. The third kappa shape index (κ3) is 5.82. The number of benzene rings is 1. The van der Waals surface area contributed by atoms with E-state index in [1.54, 1.807) is 0 Å². The van der Waals surface area contributed by atoms with E-state index < -0.39 is 28.8 Å². The van der Waals surface area contributed by atoms with Crippen LogP contribution in [0.4, 0.5) is 29.2 Å². The maximum absolute atomic E-state index is 16.4. The molecule has 1 aromatic carbocycles. The number of likely N-dealkylation sites (tertiary alicyclic amines) is 1. The Kier molecular flexibility index (Phi) is 8.09. The molecule has 9 nitrogen and oxygen atoms in total. The normalized spacial score (nSPS) is 20.0. The Morgan fingerprint density at radius 1 is 1.24 bits per heavy atom. The van der Waals surface area contributed by atoms with Crippen LogP contribution in [0.1, 0.15) is 30.4 Å². The fourth-order valence-corrected chi connectivity index (χ4v) is 5.83. The van der Waals surface area contributed by atoms with Crippen molar-refractivity contribution in [3.8, 4) is 23.3 Å². The monoisotopic (exact) mass is 592 g/mol. The lowest BCUT2D eigenvalue weighted by atomic mass is 9.99. The first kappa shape index (κ1) is 29.0. The molecular formula is C27H29ClF4N8O. The van der Waals surface area contributed by atoms with E-state index in [2.05, 4.69) is 31.2 Å². The highest BCUT2D eigenvalue weighted by atomic mass is 35.5. The number of nitrogen functional groups attached to an aromatic ring is 1. The first-order valence-electron chi connectivity index (χ1n) is 13.2. The molecule has 0 saturated carbocycles. The number of pyridine rings is 1. The number of nitrogens with one attached hydrogen (secondary N) is 1. The standard InChI is InChI=1S/C27H29ClF4N8O/c1-14-10-19(34)36-24(21(14)27(30,31)32)20-18(28)11-17-23(22(20)29)37-26(41-13-16-4-3-8-39(16)2)38-25(17)40-9-7-35-15(12-40)5-6-33/h10-11,15-16,35H,3-5,7-9,12-13H2,1-2H3,(H2,34,36)/t15-,16?/m0/s1. The summed E-state index contributed by atoms with van der Waals surface area (Å²) in [5.41, 5.74) is 2.90. The van der Waals surface area contributed by atoms with Crippen LogP contribution in [0.2, 0.25) is 5.02 Å². The quantitative estimate of drug-likeness (QED) is 0.397. The van der Waals surface area contributed by atoms with Gasteiger partial charge in [-0.2, -0.15) is 28.4 Å². The maximum Gasteiger partial charge on any atom is 0.418 e. The van der Waals surface area contributed by atoms with Gasteiger partial charge in [0.1, 0.15) is 23.8 Å². The second-order valence-electron chi connectivity index (χ2n) is 10.4. The molecule has 2 fully saturated rings. The molecule has 14 heteroatoms. The zero-order valence-corrected chi connectivity index (χ0v) is 23.3. The second kappa shape index (κ2) is 11.4. The van der Waals surface area contributed by atoms with Gasteiger partial charge in [0.2, 0.25) is 0 Å². The molecule has 2 aliphatic rings. The molecule has 2 saturated heterocycles. The molecule has 1 unspecified atom stereocenters. The number of aryl methyl sites for hydroxylation is 1. The predicted octanol–water partition coefficient (Wildman–Crippen LogP) is 4.56. The Morgan fingerprint density at radius 3 is 2.71 bits per heavy atom. The molecular weight excluding hydrogens is 564 g/mol. The van der Waals surface area contributed by atoms with Crippen LogP contribution in [0.25, 0.3) is 22.2 Å². The number of likely N-dealkylation sites (N-methyl/N-ethyl adjacent to an activating group) is 1. The molecule has 2 atom stereocenters. The smallest absolute Gasteiger partial charge is 0.418 e. The van der Waals surface area contributed by atoms with Crippen LogP contribution in [0.5, 0.6) is 6.01 Å². The van der Waals surface area contributed by atoms with Gasteiger partial charge in [0.25, 0.3) is 0 Å². The number of ether oxygens (including phenoxy) is 1. The fraction of sp³-hybridized carbons (Fsp3) is 0.481. The van der Waals surface area contributed by atoms with Crippen molar-refractivity contribution < 1.29 is 22.3 Å². The van der Waals surface area contributed by atoms with E-state index in [4.69, 9.17) is 22.1 Å². The van der Waals surface area contributed by atoms with Gasteiger partial charge in [-0.25, -0.2) is 9.37 Å². The van der Waals surface area contributed by atoms with E-state index >= 15 is 4.39 Å². The highest BCUT2D eigenvalue weighted by Gasteiger charge is 2.38. The number of nitrogens with two attached hydrogens (primary N) is 1. The van der Waals surface area contributed by atoms with Crippen molar-refractivity contribution in [3.05, 3.63) is 34.1 Å². The Hall–Kier alpha value is -3.47. The van der Waals surface area contributed by atoms with E-state index in [0.717, 1.165) is 25.5 Å². The maximum atomic E-state index is 16.4. The van der Waals surface area contributed by atoms with Crippen LogP contribution < -0.4 is 20.7 Å². The first-order chi connectivity index (χ1) is 19.5. The molecule has 2 aliphatic heterocycles. The van der Waals surface area contributed by atoms with Crippen LogP contribution >= 0.6 is 11.6 Å². The van der Waals surface area contributed by atoms with Crippen LogP contribution in [0.3, 0.4) is 0 Å². The van der Waals surface area contributed by atoms with E-state index in [1.165, 1.54) is 13.0 Å². The number of anilines is 2. The van der Waals surface area contributed by atoms with E-state index in [-0.39, 0.29) is 58.4 Å². The molecule has 5 rings (SSSR count). The number of nitriles is 1. The number of hydrogen-bond acceptors (Lipinski definition) is 9. The van der Waals surface area contributed by atoms with Gasteiger partial charge in [-0.15, -0.1) is 0 Å². The van der Waals surface area contributed by atoms with Crippen LogP contribution in [0.15, 0.2) is 12.1 Å². The van der Waals surface area contributed by atoms with Crippen LogP contribution in [0, 0.1) is 24.1 Å². The minimum Gasteiger partial charge on any atom is -0.462 e. The van der Waals surface area contributed by atoms with Gasteiger partial charge in [0.15, 0.2) is 5.82 Å². The summed E-state index contributed by atoms with van der Waals surface area (Å²) in [4.78, 5) is 16.8. The lowest BCUT2D eigenvalue weighted by Crippen LogP contribution is -2.51. The largest absolute Gasteiger partial charge is 0.462 e. The van der Waals surface area contributed by atoms with Gasteiger partial charge in [0, 0.05) is 37.1 Å². The summed E-state index contributed by atoms with van der Waals surface area (Å²) in [7, 11) is 1.98. The lowest BCUT2D eigenvalue weighted by molar-refractivity contribution is -0.137. The number of aromatic nitrogens is 3. The second-order valence-corrected chi connectivity index (χ2v) is 10.8. The van der Waals surface area contributed by atoms with Crippen molar-refractivity contribution in [2.45, 2.75) is 44.4 Å². The first-order valence-corrected chi connectivity index (χ1v) is 13.6. The van der Waals surface area contributed by atoms with Gasteiger partial charge >= 0.3 is 12.2 Å². The zero-order valence-electron chi connectivity index (χ0n) is 22.5. The Bertz CT molecular complexity index is 1510. The highest BCUT2D eigenvalue weighted by Crippen LogP contribution is 2.44. The SMILES string of the molecule is Cc1cc(N)nc(-c2c(Cl)cc3c(N4CCN[C@@H](CC#N)C4)nc(OCC4CCCN4C)nc3c2F)c1C(F)(F)F. The summed E-state index contributed by atoms with van der Waals surface area (Å²) in [5, 5.41) is 12.4. The molecule has 3 aromatic rings. The number of piperazine rings is 1. The molecule has 218 valence electrons. The average molecular weight is 593 g/mol. The van der Waals surface area contributed by atoms with Crippen molar-refractivity contribution >= 4 is 34.1 Å². The van der Waals surface area contributed by atoms with Crippen LogP contribution in [-0.2, 0) is 6.18 Å². The predicted molar refractivity (Wildman–Crippen MR) is 147 cm³/mol.